The van der Waals surface area contributed by atoms with Gasteiger partial charge in [0.15, 0.2) is 0 Å². The zero-order valence-electron chi connectivity index (χ0n) is 8.01. The molecule has 0 atom stereocenters. The van der Waals surface area contributed by atoms with Crippen molar-refractivity contribution in [1.82, 2.24) is 0 Å². The molecule has 0 amide bonds. The van der Waals surface area contributed by atoms with Gasteiger partial charge in [0.2, 0.25) is 0 Å². The molecule has 6 heteroatoms. The molecule has 0 aromatic rings. The Balaban J connectivity index is 0. The van der Waals surface area contributed by atoms with Gasteiger partial charge in [-0.25, -0.2) is 0 Å². The first kappa shape index (κ1) is 15.1. The molecule has 0 bridgehead atoms. The Hall–Kier alpha value is -1.43. The van der Waals surface area contributed by atoms with Gasteiger partial charge in [-0.3, -0.25) is 14.6 Å². The van der Waals surface area contributed by atoms with Gasteiger partial charge in [-0.2, -0.15) is 0 Å². The van der Waals surface area contributed by atoms with Gasteiger partial charge in [0.1, 0.15) is 0 Å². The highest BCUT2D eigenvalue weighted by atomic mass is 16.4. The van der Waals surface area contributed by atoms with E-state index in [9.17, 15) is 9.59 Å². The number of hydrogen-bond donors (Lipinski definition) is 3. The fourth-order valence-electron chi connectivity index (χ4n) is 0.292. The summed E-state index contributed by atoms with van der Waals surface area (Å²) in [5.74, 6) is -1.65. The summed E-state index contributed by atoms with van der Waals surface area (Å²) in [6.45, 7) is 1.85. The molecule has 0 saturated heterocycles. The van der Waals surface area contributed by atoms with Gasteiger partial charge in [-0.05, 0) is 0 Å². The molecular weight excluding hydrogens is 190 g/mol. The van der Waals surface area contributed by atoms with Crippen LogP contribution in [0.1, 0.15) is 19.8 Å². The zero-order chi connectivity index (χ0) is 11.4. The van der Waals surface area contributed by atoms with Crippen molar-refractivity contribution in [3.63, 3.8) is 0 Å². The van der Waals surface area contributed by atoms with Gasteiger partial charge in [0.05, 0.1) is 19.6 Å². The van der Waals surface area contributed by atoms with E-state index in [1.807, 2.05) is 0 Å². The third-order valence-electron chi connectivity index (χ3n) is 0.927. The van der Waals surface area contributed by atoms with Crippen LogP contribution >= 0.6 is 0 Å². The number of carboxylic acid groups (broad SMARTS) is 2. The molecule has 0 aliphatic carbocycles. The molecule has 0 aromatic heterocycles. The Bertz CT molecular complexity index is 190. The average molecular weight is 205 g/mol. The van der Waals surface area contributed by atoms with Crippen molar-refractivity contribution in [2.24, 2.45) is 4.99 Å². The van der Waals surface area contributed by atoms with E-state index in [1.165, 1.54) is 6.21 Å². The lowest BCUT2D eigenvalue weighted by molar-refractivity contribution is -0.137. The molecule has 0 spiro atoms. The van der Waals surface area contributed by atoms with Crippen molar-refractivity contribution in [3.8, 4) is 0 Å². The minimum absolute atomic E-state index is 0.0316. The summed E-state index contributed by atoms with van der Waals surface area (Å²) in [6.07, 6.45) is 1.43. The largest absolute Gasteiger partial charge is 0.481 e. The van der Waals surface area contributed by atoms with Crippen LogP contribution in [0.25, 0.3) is 0 Å². The molecule has 0 aromatic carbocycles. The molecule has 0 aliphatic rings. The molecule has 0 saturated carbocycles. The van der Waals surface area contributed by atoms with Crippen LogP contribution < -0.4 is 0 Å². The maximum atomic E-state index is 9.81. The second-order valence-corrected chi connectivity index (χ2v) is 2.16. The van der Waals surface area contributed by atoms with Gasteiger partial charge in [-0.1, -0.05) is 6.92 Å². The maximum Gasteiger partial charge on any atom is 0.308 e. The Morgan fingerprint density at radius 3 is 2.07 bits per heavy atom. The molecule has 14 heavy (non-hydrogen) atoms. The first-order chi connectivity index (χ1) is 6.54. The number of aliphatic imine (C=N–C) groups is 1. The van der Waals surface area contributed by atoms with E-state index in [1.54, 1.807) is 6.92 Å². The number of hydrogen-bond acceptors (Lipinski definition) is 4. The monoisotopic (exact) mass is 205 g/mol. The number of carbonyl (C=O) groups is 2. The Labute approximate surface area is 81.9 Å². The molecule has 6 nitrogen and oxygen atoms in total. The van der Waals surface area contributed by atoms with E-state index < -0.39 is 11.9 Å². The van der Waals surface area contributed by atoms with E-state index in [-0.39, 0.29) is 26.0 Å². The summed E-state index contributed by atoms with van der Waals surface area (Å²) < 4.78 is 0. The Morgan fingerprint density at radius 2 is 1.79 bits per heavy atom. The van der Waals surface area contributed by atoms with Crippen LogP contribution in [0.5, 0.6) is 0 Å². The number of aliphatic hydroxyl groups is 1. The number of aliphatic carboxylic acids is 2. The van der Waals surface area contributed by atoms with Crippen molar-refractivity contribution in [3.05, 3.63) is 0 Å². The predicted octanol–water partition coefficient (Wildman–Crippen LogP) is 0.00520. The number of rotatable bonds is 5. The van der Waals surface area contributed by atoms with Gasteiger partial charge >= 0.3 is 11.9 Å². The third-order valence-corrected chi connectivity index (χ3v) is 0.927. The lowest BCUT2D eigenvalue weighted by Crippen LogP contribution is -1.95. The van der Waals surface area contributed by atoms with Gasteiger partial charge in [-0.15, -0.1) is 0 Å². The number of nitrogens with zero attached hydrogens (tertiary/aromatic N) is 1. The summed E-state index contributed by atoms with van der Waals surface area (Å²) in [6, 6.07) is 0. The normalized spacial score (nSPS) is 9.29. The lowest BCUT2D eigenvalue weighted by atomic mass is 10.5. The van der Waals surface area contributed by atoms with Gasteiger partial charge in [0.25, 0.3) is 0 Å². The van der Waals surface area contributed by atoms with Crippen LogP contribution in [0.4, 0.5) is 0 Å². The topological polar surface area (TPSA) is 107 Å². The molecule has 0 aliphatic heterocycles. The summed E-state index contributed by atoms with van der Waals surface area (Å²) in [5, 5.41) is 24.0. The molecular formula is C8H15NO5. The SMILES string of the molecule is CCC(=O)O.O=C(O)CC=NCCO. The molecule has 0 rings (SSSR count). The van der Waals surface area contributed by atoms with Crippen LogP contribution in [0.2, 0.25) is 0 Å². The smallest absolute Gasteiger partial charge is 0.308 e. The lowest BCUT2D eigenvalue weighted by Gasteiger charge is -1.83. The highest BCUT2D eigenvalue weighted by molar-refractivity contribution is 5.84. The summed E-state index contributed by atoms with van der Waals surface area (Å²) >= 11 is 0. The first-order valence-electron chi connectivity index (χ1n) is 4.07. The second kappa shape index (κ2) is 11.6. The van der Waals surface area contributed by atoms with E-state index in [4.69, 9.17) is 15.3 Å². The quantitative estimate of drug-likeness (QED) is 0.548. The van der Waals surface area contributed by atoms with Crippen LogP contribution in [0.3, 0.4) is 0 Å². The molecule has 0 radical (unpaired) electrons. The average Bonchev–Trinajstić information content (AvgIpc) is 2.13. The zero-order valence-corrected chi connectivity index (χ0v) is 8.01. The van der Waals surface area contributed by atoms with Crippen LogP contribution in [-0.4, -0.2) is 46.6 Å². The van der Waals surface area contributed by atoms with E-state index >= 15 is 0 Å². The number of carboxylic acids is 2. The standard InChI is InChI=1S/C5H9NO3.C3H6O2/c7-4-3-6-2-1-5(8)9;1-2-3(4)5/h2,7H,1,3-4H2,(H,8,9);2H2,1H3,(H,4,5). The van der Waals surface area contributed by atoms with Crippen LogP contribution in [0, 0.1) is 0 Å². The van der Waals surface area contributed by atoms with Crippen molar-refractivity contribution in [2.45, 2.75) is 19.8 Å². The molecule has 0 heterocycles. The minimum Gasteiger partial charge on any atom is -0.481 e. The second-order valence-electron chi connectivity index (χ2n) is 2.16. The highest BCUT2D eigenvalue weighted by Gasteiger charge is 1.88. The van der Waals surface area contributed by atoms with Gasteiger partial charge < -0.3 is 15.3 Å². The van der Waals surface area contributed by atoms with Crippen molar-refractivity contribution >= 4 is 18.2 Å². The maximum absolute atomic E-state index is 9.81. The molecule has 0 unspecified atom stereocenters. The van der Waals surface area contributed by atoms with Crippen molar-refractivity contribution in [1.29, 1.82) is 0 Å². The summed E-state index contributed by atoms with van der Waals surface area (Å²) in [5.41, 5.74) is 0. The third kappa shape index (κ3) is 22.4. The van der Waals surface area contributed by atoms with Crippen LogP contribution in [-0.2, 0) is 9.59 Å². The molecule has 3 N–H and O–H groups in total. The molecule has 82 valence electrons. The fourth-order valence-corrected chi connectivity index (χ4v) is 0.292. The Morgan fingerprint density at radius 1 is 1.29 bits per heavy atom. The molecule has 0 fully saturated rings. The summed E-state index contributed by atoms with van der Waals surface area (Å²) in [4.78, 5) is 22.8. The minimum atomic E-state index is -0.906. The van der Waals surface area contributed by atoms with Gasteiger partial charge in [0, 0.05) is 12.6 Å². The highest BCUT2D eigenvalue weighted by Crippen LogP contribution is 1.73. The van der Waals surface area contributed by atoms with E-state index in [0.717, 1.165) is 0 Å². The number of aliphatic hydroxyl groups excluding tert-OH is 1. The predicted molar refractivity (Wildman–Crippen MR) is 50.6 cm³/mol. The van der Waals surface area contributed by atoms with E-state index in [0.29, 0.717) is 0 Å². The van der Waals surface area contributed by atoms with Crippen LogP contribution in [0.15, 0.2) is 4.99 Å². The van der Waals surface area contributed by atoms with Crippen molar-refractivity contribution in [2.75, 3.05) is 13.2 Å². The first-order valence-corrected chi connectivity index (χ1v) is 4.07. The van der Waals surface area contributed by atoms with Crippen molar-refractivity contribution < 1.29 is 24.9 Å². The summed E-state index contributed by atoms with van der Waals surface area (Å²) in [7, 11) is 0. The Kier molecular flexibility index (Phi) is 12.4. The van der Waals surface area contributed by atoms with E-state index in [2.05, 4.69) is 4.99 Å². The fraction of sp³-hybridized carbons (Fsp3) is 0.625.